The molecule has 2 aliphatic rings. The third-order valence-corrected chi connectivity index (χ3v) is 6.47. The molecule has 0 spiro atoms. The van der Waals surface area contributed by atoms with E-state index in [2.05, 4.69) is 11.2 Å². The van der Waals surface area contributed by atoms with Gasteiger partial charge in [0.05, 0.1) is 23.6 Å². The van der Waals surface area contributed by atoms with Crippen molar-refractivity contribution in [1.29, 1.82) is 5.26 Å². The third-order valence-electron chi connectivity index (χ3n) is 6.47. The largest absolute Gasteiger partial charge is 0.384 e. The van der Waals surface area contributed by atoms with Crippen LogP contribution in [0.15, 0.2) is 12.3 Å². The molecule has 29 heavy (non-hydrogen) atoms. The highest BCUT2D eigenvalue weighted by Crippen LogP contribution is 2.46. The summed E-state index contributed by atoms with van der Waals surface area (Å²) in [6.45, 7) is 0.481. The topological polar surface area (TPSA) is 63.7 Å². The molecule has 0 radical (unpaired) electrons. The van der Waals surface area contributed by atoms with Crippen LogP contribution in [0.25, 0.3) is 11.3 Å². The molecule has 0 bridgehead atoms. The highest BCUT2D eigenvalue weighted by Gasteiger charge is 2.43. The van der Waals surface area contributed by atoms with E-state index in [1.807, 2.05) is 0 Å². The summed E-state index contributed by atoms with van der Waals surface area (Å²) in [7, 11) is 3.44. The van der Waals surface area contributed by atoms with Crippen LogP contribution in [-0.4, -0.2) is 34.4 Å². The van der Waals surface area contributed by atoms with Gasteiger partial charge in [-0.3, -0.25) is 9.67 Å². The predicted octanol–water partition coefficient (Wildman–Crippen LogP) is 4.33. The molecule has 0 aliphatic heterocycles. The smallest absolute Gasteiger partial charge is 0.252 e. The Labute approximate surface area is 169 Å². The van der Waals surface area contributed by atoms with Gasteiger partial charge < -0.3 is 4.74 Å². The number of ether oxygens (including phenoxy) is 1. The molecule has 1 saturated carbocycles. The van der Waals surface area contributed by atoms with Gasteiger partial charge in [0.2, 0.25) is 0 Å². The average Bonchev–Trinajstić information content (AvgIpc) is 3.12. The number of pyridine rings is 1. The lowest BCUT2D eigenvalue weighted by Gasteiger charge is -2.38. The number of aromatic nitrogens is 3. The van der Waals surface area contributed by atoms with E-state index in [9.17, 15) is 14.0 Å². The molecule has 7 heteroatoms. The minimum absolute atomic E-state index is 0.208. The van der Waals surface area contributed by atoms with Crippen molar-refractivity contribution in [3.63, 3.8) is 0 Å². The van der Waals surface area contributed by atoms with Crippen molar-refractivity contribution in [1.82, 2.24) is 14.8 Å². The molecule has 2 aliphatic carbocycles. The fourth-order valence-electron chi connectivity index (χ4n) is 5.07. The first kappa shape index (κ1) is 20.0. The molecule has 0 amide bonds. The van der Waals surface area contributed by atoms with Gasteiger partial charge in [-0.1, -0.05) is 19.3 Å². The SMILES string of the molecule is COCC1(c2nc3c(c(-c4ccnn4C)c2C#N)CC(F)(F)CC3)CCCCC1. The summed E-state index contributed by atoms with van der Waals surface area (Å²) in [6.07, 6.45) is 6.29. The van der Waals surface area contributed by atoms with E-state index in [1.54, 1.807) is 31.1 Å². The second kappa shape index (κ2) is 7.49. The number of hydrogen-bond acceptors (Lipinski definition) is 4. The molecule has 0 N–H and O–H groups in total. The highest BCUT2D eigenvalue weighted by molar-refractivity contribution is 5.74. The van der Waals surface area contributed by atoms with E-state index in [-0.39, 0.29) is 24.7 Å². The van der Waals surface area contributed by atoms with E-state index >= 15 is 0 Å². The van der Waals surface area contributed by atoms with Crippen LogP contribution in [-0.2, 0) is 30.0 Å². The molecular formula is C22H26F2N4O. The predicted molar refractivity (Wildman–Crippen MR) is 105 cm³/mol. The monoisotopic (exact) mass is 400 g/mol. The van der Waals surface area contributed by atoms with Gasteiger partial charge in [-0.15, -0.1) is 0 Å². The van der Waals surface area contributed by atoms with Crippen LogP contribution in [0.2, 0.25) is 0 Å². The second-order valence-electron chi connectivity index (χ2n) is 8.39. The normalized spacial score (nSPS) is 20.1. The minimum Gasteiger partial charge on any atom is -0.384 e. The summed E-state index contributed by atoms with van der Waals surface area (Å²) in [5, 5.41) is 14.4. The van der Waals surface area contributed by atoms with E-state index in [0.29, 0.717) is 34.7 Å². The molecule has 0 atom stereocenters. The van der Waals surface area contributed by atoms with Gasteiger partial charge in [0.1, 0.15) is 6.07 Å². The number of aryl methyl sites for hydroxylation is 2. The van der Waals surface area contributed by atoms with Crippen molar-refractivity contribution in [2.75, 3.05) is 13.7 Å². The van der Waals surface area contributed by atoms with Crippen LogP contribution in [0, 0.1) is 11.3 Å². The lowest BCUT2D eigenvalue weighted by molar-refractivity contribution is -0.0127. The van der Waals surface area contributed by atoms with Crippen LogP contribution in [0.1, 0.15) is 61.0 Å². The fourth-order valence-corrected chi connectivity index (χ4v) is 5.07. The summed E-state index contributed by atoms with van der Waals surface area (Å²) in [4.78, 5) is 4.90. The van der Waals surface area contributed by atoms with Crippen LogP contribution < -0.4 is 0 Å². The zero-order valence-electron chi connectivity index (χ0n) is 17.0. The van der Waals surface area contributed by atoms with Crippen molar-refractivity contribution < 1.29 is 13.5 Å². The van der Waals surface area contributed by atoms with Crippen LogP contribution >= 0.6 is 0 Å². The zero-order chi connectivity index (χ0) is 20.6. The van der Waals surface area contributed by atoms with E-state index < -0.39 is 5.92 Å². The summed E-state index contributed by atoms with van der Waals surface area (Å²) >= 11 is 0. The van der Waals surface area contributed by atoms with Crippen molar-refractivity contribution in [3.05, 3.63) is 34.8 Å². The number of hydrogen-bond donors (Lipinski definition) is 0. The van der Waals surface area contributed by atoms with Crippen LogP contribution in [0.4, 0.5) is 8.78 Å². The van der Waals surface area contributed by atoms with Gasteiger partial charge in [-0.25, -0.2) is 8.78 Å². The summed E-state index contributed by atoms with van der Waals surface area (Å²) < 4.78 is 35.9. The number of nitrogens with zero attached hydrogens (tertiary/aromatic N) is 4. The molecule has 2 aromatic heterocycles. The van der Waals surface area contributed by atoms with E-state index in [4.69, 9.17) is 9.72 Å². The molecule has 2 heterocycles. The van der Waals surface area contributed by atoms with Crippen molar-refractivity contribution in [3.8, 4) is 17.3 Å². The first-order valence-electron chi connectivity index (χ1n) is 10.2. The fraction of sp³-hybridized carbons (Fsp3) is 0.591. The van der Waals surface area contributed by atoms with Gasteiger partial charge in [-0.05, 0) is 30.9 Å². The molecule has 0 aromatic carbocycles. The maximum atomic E-state index is 14.3. The van der Waals surface area contributed by atoms with Gasteiger partial charge in [0, 0.05) is 49.9 Å². The van der Waals surface area contributed by atoms with Gasteiger partial charge in [0.25, 0.3) is 5.92 Å². The molecule has 154 valence electrons. The summed E-state index contributed by atoms with van der Waals surface area (Å²) in [5.41, 5.74) is 3.23. The second-order valence-corrected chi connectivity index (χ2v) is 8.39. The lowest BCUT2D eigenvalue weighted by Crippen LogP contribution is -2.37. The number of rotatable bonds is 4. The number of methoxy groups -OCH3 is 1. The van der Waals surface area contributed by atoms with Crippen LogP contribution in [0.5, 0.6) is 0 Å². The lowest BCUT2D eigenvalue weighted by atomic mass is 9.69. The quantitative estimate of drug-likeness (QED) is 0.766. The maximum absolute atomic E-state index is 14.3. The molecular weight excluding hydrogens is 374 g/mol. The molecule has 1 fully saturated rings. The standard InChI is InChI=1S/C22H26F2N4O/c1-28-18(7-11-26-28)19-15-12-22(23,24)10-6-17(15)27-20(16(19)13-25)21(14-29-2)8-4-3-5-9-21/h7,11H,3-6,8-10,12,14H2,1-2H3. The van der Waals surface area contributed by atoms with Gasteiger partial charge >= 0.3 is 0 Å². The Morgan fingerprint density at radius 1 is 1.24 bits per heavy atom. The molecule has 4 rings (SSSR count). The van der Waals surface area contributed by atoms with E-state index in [1.165, 1.54) is 0 Å². The van der Waals surface area contributed by atoms with Gasteiger partial charge in [0.15, 0.2) is 0 Å². The highest BCUT2D eigenvalue weighted by atomic mass is 19.3. The van der Waals surface area contributed by atoms with Crippen molar-refractivity contribution in [2.24, 2.45) is 7.05 Å². The summed E-state index contributed by atoms with van der Waals surface area (Å²) in [6, 6.07) is 4.12. The Bertz CT molecular complexity index is 949. The first-order valence-corrected chi connectivity index (χ1v) is 10.2. The number of nitriles is 1. The number of halogens is 2. The third kappa shape index (κ3) is 3.44. The number of alkyl halides is 2. The molecule has 0 saturated heterocycles. The maximum Gasteiger partial charge on any atom is 0.252 e. The average molecular weight is 400 g/mol. The number of fused-ring (bicyclic) bond motifs is 1. The van der Waals surface area contributed by atoms with Gasteiger partial charge in [-0.2, -0.15) is 10.4 Å². The Balaban J connectivity index is 2.01. The van der Waals surface area contributed by atoms with Crippen molar-refractivity contribution >= 4 is 0 Å². The minimum atomic E-state index is -2.79. The zero-order valence-corrected chi connectivity index (χ0v) is 17.0. The Hall–Kier alpha value is -2.33. The van der Waals surface area contributed by atoms with Crippen molar-refractivity contribution in [2.45, 2.75) is 62.7 Å². The first-order chi connectivity index (χ1) is 13.9. The van der Waals surface area contributed by atoms with E-state index in [0.717, 1.165) is 37.8 Å². The molecule has 5 nitrogen and oxygen atoms in total. The van der Waals surface area contributed by atoms with Crippen LogP contribution in [0.3, 0.4) is 0 Å². The molecule has 0 unspecified atom stereocenters. The summed E-state index contributed by atoms with van der Waals surface area (Å²) in [5.74, 6) is -2.79. The Morgan fingerprint density at radius 2 is 2.00 bits per heavy atom. The Kier molecular flexibility index (Phi) is 5.16. The molecule has 2 aromatic rings. The Morgan fingerprint density at radius 3 is 2.62 bits per heavy atom.